The molecule has 0 amide bonds. The second-order valence-corrected chi connectivity index (χ2v) is 3.12. The molecule has 0 fully saturated rings. The van der Waals surface area contributed by atoms with Gasteiger partial charge in [-0.05, 0) is 36.0 Å². The smallest absolute Gasteiger partial charge is 0.0302 e. The van der Waals surface area contributed by atoms with E-state index in [0.717, 1.165) is 12.8 Å². The minimum absolute atomic E-state index is 1.16. The van der Waals surface area contributed by atoms with Crippen molar-refractivity contribution in [2.75, 3.05) is 0 Å². The van der Waals surface area contributed by atoms with Crippen molar-refractivity contribution in [3.05, 3.63) is 34.9 Å². The van der Waals surface area contributed by atoms with Gasteiger partial charge in [0.1, 0.15) is 0 Å². The van der Waals surface area contributed by atoms with Crippen molar-refractivity contribution in [2.45, 2.75) is 40.0 Å². The van der Waals surface area contributed by atoms with Gasteiger partial charge in [0.25, 0.3) is 0 Å². The lowest BCUT2D eigenvalue weighted by Crippen LogP contribution is -1.96. The molecule has 1 aromatic rings. The van der Waals surface area contributed by atoms with Crippen molar-refractivity contribution in [3.8, 4) is 0 Å². The first-order chi connectivity index (χ1) is 5.83. The first kappa shape index (κ1) is 9.31. The van der Waals surface area contributed by atoms with E-state index in [9.17, 15) is 0 Å². The normalized spacial score (nSPS) is 10.2. The molecule has 0 N–H and O–H groups in total. The third-order valence-electron chi connectivity index (χ3n) is 2.49. The molecule has 0 unspecified atom stereocenters. The Kier molecular flexibility index (Phi) is 3.33. The molecule has 0 heterocycles. The van der Waals surface area contributed by atoms with E-state index in [1.165, 1.54) is 17.5 Å². The van der Waals surface area contributed by atoms with Gasteiger partial charge < -0.3 is 0 Å². The van der Waals surface area contributed by atoms with Crippen LogP contribution in [0.2, 0.25) is 0 Å². The average molecular weight is 162 g/mol. The predicted molar refractivity (Wildman–Crippen MR) is 54.6 cm³/mol. The van der Waals surface area contributed by atoms with Crippen LogP contribution < -0.4 is 0 Å². The van der Waals surface area contributed by atoms with Gasteiger partial charge in [-0.1, -0.05) is 39.0 Å². The summed E-state index contributed by atoms with van der Waals surface area (Å²) in [5.74, 6) is 0. The molecule has 0 aromatic heterocycles. The van der Waals surface area contributed by atoms with E-state index in [-0.39, 0.29) is 0 Å². The van der Waals surface area contributed by atoms with E-state index < -0.39 is 0 Å². The van der Waals surface area contributed by atoms with Gasteiger partial charge in [0, 0.05) is 0 Å². The van der Waals surface area contributed by atoms with Crippen molar-refractivity contribution in [1.82, 2.24) is 0 Å². The quantitative estimate of drug-likeness (QED) is 0.639. The molecule has 0 nitrogen and oxygen atoms in total. The minimum Gasteiger partial charge on any atom is -0.0617 e. The summed E-state index contributed by atoms with van der Waals surface area (Å²) in [7, 11) is 0. The van der Waals surface area contributed by atoms with E-state index >= 15 is 0 Å². The SMILES string of the molecule is CCc1cccc(CC)c1CC. The molecular weight excluding hydrogens is 144 g/mol. The van der Waals surface area contributed by atoms with Crippen LogP contribution in [0.5, 0.6) is 0 Å². The molecule has 0 heteroatoms. The topological polar surface area (TPSA) is 0 Å². The molecule has 1 rings (SSSR count). The fourth-order valence-corrected chi connectivity index (χ4v) is 1.80. The zero-order valence-corrected chi connectivity index (χ0v) is 8.35. The lowest BCUT2D eigenvalue weighted by Gasteiger charge is -2.10. The Bertz CT molecular complexity index is 226. The number of aryl methyl sites for hydroxylation is 2. The molecular formula is C12H18. The van der Waals surface area contributed by atoms with Crippen LogP contribution in [0.3, 0.4) is 0 Å². The van der Waals surface area contributed by atoms with Gasteiger partial charge in [0.2, 0.25) is 0 Å². The Morgan fingerprint density at radius 2 is 1.33 bits per heavy atom. The van der Waals surface area contributed by atoms with Crippen molar-refractivity contribution in [1.29, 1.82) is 0 Å². The summed E-state index contributed by atoms with van der Waals surface area (Å²) >= 11 is 0. The third kappa shape index (κ3) is 1.69. The number of benzene rings is 1. The molecule has 0 aliphatic rings. The molecule has 0 aliphatic carbocycles. The minimum atomic E-state index is 1.16. The van der Waals surface area contributed by atoms with Gasteiger partial charge in [-0.15, -0.1) is 0 Å². The fraction of sp³-hybridized carbons (Fsp3) is 0.500. The molecule has 12 heavy (non-hydrogen) atoms. The molecule has 0 bridgehead atoms. The molecule has 1 aromatic carbocycles. The van der Waals surface area contributed by atoms with Crippen LogP contribution in [-0.4, -0.2) is 0 Å². The van der Waals surface area contributed by atoms with Crippen molar-refractivity contribution in [3.63, 3.8) is 0 Å². The maximum absolute atomic E-state index is 2.25. The zero-order chi connectivity index (χ0) is 8.97. The van der Waals surface area contributed by atoms with E-state index in [1.54, 1.807) is 5.56 Å². The lowest BCUT2D eigenvalue weighted by molar-refractivity contribution is 0.981. The summed E-state index contributed by atoms with van der Waals surface area (Å²) in [6, 6.07) is 6.67. The van der Waals surface area contributed by atoms with Crippen molar-refractivity contribution in [2.24, 2.45) is 0 Å². The molecule has 0 saturated heterocycles. The van der Waals surface area contributed by atoms with Gasteiger partial charge in [-0.25, -0.2) is 0 Å². The van der Waals surface area contributed by atoms with Crippen LogP contribution >= 0.6 is 0 Å². The molecule has 66 valence electrons. The zero-order valence-electron chi connectivity index (χ0n) is 8.35. The monoisotopic (exact) mass is 162 g/mol. The Morgan fingerprint density at radius 1 is 0.833 bits per heavy atom. The summed E-state index contributed by atoms with van der Waals surface area (Å²) in [6.07, 6.45) is 3.50. The lowest BCUT2D eigenvalue weighted by atomic mass is 9.96. The Hall–Kier alpha value is -0.780. The van der Waals surface area contributed by atoms with Crippen LogP contribution in [0.25, 0.3) is 0 Å². The molecule has 0 saturated carbocycles. The number of rotatable bonds is 3. The number of hydrogen-bond acceptors (Lipinski definition) is 0. The summed E-state index contributed by atoms with van der Waals surface area (Å²) in [5.41, 5.74) is 4.62. The first-order valence-corrected chi connectivity index (χ1v) is 4.93. The summed E-state index contributed by atoms with van der Waals surface area (Å²) in [5, 5.41) is 0. The van der Waals surface area contributed by atoms with Crippen LogP contribution in [0.1, 0.15) is 37.5 Å². The van der Waals surface area contributed by atoms with Gasteiger partial charge in [-0.2, -0.15) is 0 Å². The van der Waals surface area contributed by atoms with Crippen molar-refractivity contribution >= 4 is 0 Å². The predicted octanol–water partition coefficient (Wildman–Crippen LogP) is 3.37. The average Bonchev–Trinajstić information content (AvgIpc) is 2.16. The highest BCUT2D eigenvalue weighted by Crippen LogP contribution is 2.16. The van der Waals surface area contributed by atoms with Gasteiger partial charge in [0.05, 0.1) is 0 Å². The molecule has 0 aliphatic heterocycles. The van der Waals surface area contributed by atoms with Crippen LogP contribution in [0.15, 0.2) is 18.2 Å². The standard InChI is InChI=1S/C12H18/c1-4-10-8-7-9-11(5-2)12(10)6-3/h7-9H,4-6H2,1-3H3. The van der Waals surface area contributed by atoms with E-state index in [4.69, 9.17) is 0 Å². The van der Waals surface area contributed by atoms with Crippen LogP contribution in [0, 0.1) is 0 Å². The van der Waals surface area contributed by atoms with Crippen LogP contribution in [0.4, 0.5) is 0 Å². The second-order valence-electron chi connectivity index (χ2n) is 3.12. The highest BCUT2D eigenvalue weighted by atomic mass is 14.1. The highest BCUT2D eigenvalue weighted by Gasteiger charge is 2.02. The van der Waals surface area contributed by atoms with E-state index in [0.29, 0.717) is 0 Å². The summed E-state index contributed by atoms with van der Waals surface area (Å²) in [4.78, 5) is 0. The Labute approximate surface area is 75.6 Å². The fourth-order valence-electron chi connectivity index (χ4n) is 1.80. The summed E-state index contributed by atoms with van der Waals surface area (Å²) < 4.78 is 0. The second kappa shape index (κ2) is 4.30. The maximum atomic E-state index is 2.25. The Morgan fingerprint density at radius 3 is 1.67 bits per heavy atom. The van der Waals surface area contributed by atoms with Crippen molar-refractivity contribution < 1.29 is 0 Å². The number of hydrogen-bond donors (Lipinski definition) is 0. The maximum Gasteiger partial charge on any atom is -0.0302 e. The molecule has 0 spiro atoms. The van der Waals surface area contributed by atoms with Gasteiger partial charge in [0.15, 0.2) is 0 Å². The molecule has 0 atom stereocenters. The van der Waals surface area contributed by atoms with E-state index in [1.807, 2.05) is 0 Å². The van der Waals surface area contributed by atoms with Gasteiger partial charge in [-0.3, -0.25) is 0 Å². The van der Waals surface area contributed by atoms with Gasteiger partial charge >= 0.3 is 0 Å². The van der Waals surface area contributed by atoms with Crippen LogP contribution in [-0.2, 0) is 19.3 Å². The first-order valence-electron chi connectivity index (χ1n) is 4.93. The highest BCUT2D eigenvalue weighted by molar-refractivity contribution is 5.35. The van der Waals surface area contributed by atoms with E-state index in [2.05, 4.69) is 39.0 Å². The molecule has 0 radical (unpaired) electrons. The third-order valence-corrected chi connectivity index (χ3v) is 2.49. The largest absolute Gasteiger partial charge is 0.0617 e. The summed E-state index contributed by atoms with van der Waals surface area (Å²) in [6.45, 7) is 6.70. The Balaban J connectivity index is 3.13.